The highest BCUT2D eigenvalue weighted by Gasteiger charge is 2.44. The molecule has 0 saturated carbocycles. The first-order valence-electron chi connectivity index (χ1n) is 10.6. The zero-order chi connectivity index (χ0) is 25.3. The van der Waals surface area contributed by atoms with Crippen LogP contribution in [0.5, 0.6) is 0 Å². The standard InChI is InChI=1S/C20H23F5N10/c1-27-18-16-15(11-3-4-12(32-26)17(29-11)28-7-14(22)23)10(21)8-35(16)33-19(31-18)30-13-5-6-34(2)9-20(13,24)25/h3-4,8,13-14,26H,5-7,9H2,1-2H3,(H,28,29)(H2,27,30,31,33)/t13-/m1/s1. The second-order valence-corrected chi connectivity index (χ2v) is 8.11. The molecule has 1 fully saturated rings. The van der Waals surface area contributed by atoms with Crippen LogP contribution < -0.4 is 16.0 Å². The second-order valence-electron chi connectivity index (χ2n) is 8.11. The molecule has 0 bridgehead atoms. The summed E-state index contributed by atoms with van der Waals surface area (Å²) in [6, 6.07) is 1.51. The molecule has 188 valence electrons. The third-order valence-corrected chi connectivity index (χ3v) is 5.59. The lowest BCUT2D eigenvalue weighted by molar-refractivity contribution is -0.0675. The molecule has 0 radical (unpaired) electrons. The average Bonchev–Trinajstić information content (AvgIpc) is 3.14. The smallest absolute Gasteiger partial charge is 0.280 e. The predicted molar refractivity (Wildman–Crippen MR) is 119 cm³/mol. The SMILES string of the molecule is CNc1nc(N[C@@H]2CCN(C)CC2(F)F)nn2cc(F)c(-c3ccc(N=N)c(NCC(F)F)n3)c12. The number of fused-ring (bicyclic) bond motifs is 1. The maximum atomic E-state index is 15.1. The maximum absolute atomic E-state index is 15.1. The van der Waals surface area contributed by atoms with Gasteiger partial charge in [-0.1, -0.05) is 0 Å². The number of rotatable bonds is 8. The van der Waals surface area contributed by atoms with Crippen molar-refractivity contribution < 1.29 is 22.0 Å². The Balaban J connectivity index is 1.74. The summed E-state index contributed by atoms with van der Waals surface area (Å²) in [6.07, 6.45) is -1.48. The Hall–Kier alpha value is -3.62. The fourth-order valence-corrected chi connectivity index (χ4v) is 3.96. The number of likely N-dealkylation sites (tertiary alicyclic amines) is 1. The van der Waals surface area contributed by atoms with Gasteiger partial charge in [-0.15, -0.1) is 5.10 Å². The van der Waals surface area contributed by atoms with Crippen LogP contribution >= 0.6 is 0 Å². The van der Waals surface area contributed by atoms with E-state index in [0.29, 0.717) is 6.54 Å². The third kappa shape index (κ3) is 4.94. The molecular weight excluding hydrogens is 475 g/mol. The Labute approximate surface area is 196 Å². The van der Waals surface area contributed by atoms with Crippen molar-refractivity contribution in [1.29, 1.82) is 5.53 Å². The first kappa shape index (κ1) is 24.5. The van der Waals surface area contributed by atoms with E-state index in [0.717, 1.165) is 10.7 Å². The number of alkyl halides is 4. The number of hydrogen-bond donors (Lipinski definition) is 4. The predicted octanol–water partition coefficient (Wildman–Crippen LogP) is 4.06. The van der Waals surface area contributed by atoms with Gasteiger partial charge in [-0.2, -0.15) is 10.1 Å². The molecule has 0 aromatic carbocycles. The highest BCUT2D eigenvalue weighted by atomic mass is 19.3. The molecule has 1 saturated heterocycles. The van der Waals surface area contributed by atoms with Gasteiger partial charge in [0, 0.05) is 13.6 Å². The van der Waals surface area contributed by atoms with Crippen molar-refractivity contribution in [2.75, 3.05) is 49.7 Å². The van der Waals surface area contributed by atoms with Gasteiger partial charge < -0.3 is 20.9 Å². The molecule has 1 aliphatic heterocycles. The number of hydrogen-bond acceptors (Lipinski definition) is 9. The lowest BCUT2D eigenvalue weighted by Gasteiger charge is -2.36. The fraction of sp³-hybridized carbons (Fsp3) is 0.450. The summed E-state index contributed by atoms with van der Waals surface area (Å²) in [5, 5.41) is 15.3. The molecule has 35 heavy (non-hydrogen) atoms. The molecule has 3 aromatic rings. The second kappa shape index (κ2) is 9.56. The molecule has 10 nitrogen and oxygen atoms in total. The molecule has 4 N–H and O–H groups in total. The van der Waals surface area contributed by atoms with Crippen LogP contribution in [0.3, 0.4) is 0 Å². The van der Waals surface area contributed by atoms with Crippen LogP contribution in [-0.2, 0) is 0 Å². The van der Waals surface area contributed by atoms with E-state index in [9.17, 15) is 17.6 Å². The molecule has 4 heterocycles. The average molecular weight is 498 g/mol. The minimum absolute atomic E-state index is 0.00560. The summed E-state index contributed by atoms with van der Waals surface area (Å²) in [5.74, 6) is -3.87. The van der Waals surface area contributed by atoms with Crippen LogP contribution in [0.25, 0.3) is 16.8 Å². The molecule has 4 rings (SSSR count). The van der Waals surface area contributed by atoms with Gasteiger partial charge in [0.1, 0.15) is 11.2 Å². The van der Waals surface area contributed by atoms with Crippen molar-refractivity contribution in [3.8, 4) is 11.3 Å². The van der Waals surface area contributed by atoms with Crippen LogP contribution in [0.4, 0.5) is 45.2 Å². The van der Waals surface area contributed by atoms with E-state index < -0.39 is 37.3 Å². The molecule has 1 aliphatic rings. The van der Waals surface area contributed by atoms with Crippen molar-refractivity contribution >= 4 is 28.8 Å². The molecule has 15 heteroatoms. The molecule has 1 atom stereocenters. The number of nitrogens with one attached hydrogen (secondary N) is 4. The topological polar surface area (TPSA) is 119 Å². The highest BCUT2D eigenvalue weighted by Crippen LogP contribution is 2.35. The van der Waals surface area contributed by atoms with Gasteiger partial charge in [0.2, 0.25) is 5.95 Å². The zero-order valence-electron chi connectivity index (χ0n) is 18.8. The molecular formula is C20H23F5N10. The number of pyridine rings is 1. The Bertz CT molecular complexity index is 1230. The number of anilines is 3. The summed E-state index contributed by atoms with van der Waals surface area (Å²) < 4.78 is 70.5. The molecule has 3 aromatic heterocycles. The van der Waals surface area contributed by atoms with Crippen LogP contribution in [-0.4, -0.2) is 76.6 Å². The van der Waals surface area contributed by atoms with Crippen molar-refractivity contribution in [3.05, 3.63) is 24.1 Å². The first-order valence-corrected chi connectivity index (χ1v) is 10.6. The van der Waals surface area contributed by atoms with Gasteiger partial charge in [-0.05, 0) is 25.6 Å². The maximum Gasteiger partial charge on any atom is 0.280 e. The van der Waals surface area contributed by atoms with Gasteiger partial charge in [0.15, 0.2) is 17.5 Å². The Morgan fingerprint density at radius 2 is 2.03 bits per heavy atom. The molecule has 0 aliphatic carbocycles. The highest BCUT2D eigenvalue weighted by molar-refractivity contribution is 5.88. The van der Waals surface area contributed by atoms with E-state index in [2.05, 4.69) is 36.1 Å². The molecule has 0 spiro atoms. The van der Waals surface area contributed by atoms with E-state index >= 15 is 4.39 Å². The Kier molecular flexibility index (Phi) is 6.69. The van der Waals surface area contributed by atoms with Crippen molar-refractivity contribution in [2.24, 2.45) is 5.11 Å². The van der Waals surface area contributed by atoms with E-state index in [1.807, 2.05) is 0 Å². The van der Waals surface area contributed by atoms with Crippen LogP contribution in [0, 0.1) is 11.3 Å². The lowest BCUT2D eigenvalue weighted by Crippen LogP contribution is -2.53. The zero-order valence-corrected chi connectivity index (χ0v) is 18.8. The van der Waals surface area contributed by atoms with Crippen LogP contribution in [0.15, 0.2) is 23.4 Å². The Morgan fingerprint density at radius 1 is 1.26 bits per heavy atom. The largest absolute Gasteiger partial charge is 0.371 e. The van der Waals surface area contributed by atoms with Gasteiger partial charge in [0.25, 0.3) is 12.3 Å². The summed E-state index contributed by atoms with van der Waals surface area (Å²) in [5.41, 5.74) is 7.38. The van der Waals surface area contributed by atoms with Gasteiger partial charge in [-0.3, -0.25) is 0 Å². The number of nitrogens with zero attached hydrogens (tertiary/aromatic N) is 6. The minimum Gasteiger partial charge on any atom is -0.371 e. The van der Waals surface area contributed by atoms with Crippen molar-refractivity contribution in [2.45, 2.75) is 24.8 Å². The number of aromatic nitrogens is 4. The van der Waals surface area contributed by atoms with E-state index in [1.165, 1.54) is 24.1 Å². The molecule has 0 unspecified atom stereocenters. The van der Waals surface area contributed by atoms with Crippen LogP contribution in [0.2, 0.25) is 0 Å². The summed E-state index contributed by atoms with van der Waals surface area (Å²) in [6.45, 7) is -0.688. The van der Waals surface area contributed by atoms with E-state index in [4.69, 9.17) is 5.53 Å². The third-order valence-electron chi connectivity index (χ3n) is 5.59. The number of piperidine rings is 1. The summed E-state index contributed by atoms with van der Waals surface area (Å²) in [7, 11) is 3.14. The van der Waals surface area contributed by atoms with Gasteiger partial charge >= 0.3 is 0 Å². The summed E-state index contributed by atoms with van der Waals surface area (Å²) in [4.78, 5) is 9.96. The molecule has 0 amide bonds. The van der Waals surface area contributed by atoms with Crippen molar-refractivity contribution in [1.82, 2.24) is 24.5 Å². The van der Waals surface area contributed by atoms with Crippen LogP contribution in [0.1, 0.15) is 6.42 Å². The first-order chi connectivity index (χ1) is 16.6. The summed E-state index contributed by atoms with van der Waals surface area (Å²) >= 11 is 0. The van der Waals surface area contributed by atoms with Crippen molar-refractivity contribution in [3.63, 3.8) is 0 Å². The fourth-order valence-electron chi connectivity index (χ4n) is 3.96. The minimum atomic E-state index is -3.02. The van der Waals surface area contributed by atoms with E-state index in [-0.39, 0.29) is 46.5 Å². The number of halogens is 5. The van der Waals surface area contributed by atoms with Gasteiger partial charge in [0.05, 0.1) is 36.6 Å². The Morgan fingerprint density at radius 3 is 2.69 bits per heavy atom. The van der Waals surface area contributed by atoms with Gasteiger partial charge in [-0.25, -0.2) is 37.0 Å². The normalized spacial score (nSPS) is 18.1. The monoisotopic (exact) mass is 498 g/mol. The van der Waals surface area contributed by atoms with E-state index in [1.54, 1.807) is 7.05 Å². The quantitative estimate of drug-likeness (QED) is 0.273. The lowest BCUT2D eigenvalue weighted by atomic mass is 10.0.